The summed E-state index contributed by atoms with van der Waals surface area (Å²) in [6, 6.07) is 1.72. The number of ether oxygens (including phenoxy) is 3. The monoisotopic (exact) mass is 296 g/mol. The van der Waals surface area contributed by atoms with Crippen molar-refractivity contribution >= 4 is 6.09 Å². The number of rotatable bonds is 5. The second-order valence-electron chi connectivity index (χ2n) is 5.27. The standard InChI is InChI=1S/C15H24N2O4/c1-9(2)17(10(3)4)15(18)21-12-8-11(5)16-14(20-7)13(12)19-6/h8-10H,1-7H3. The van der Waals surface area contributed by atoms with Gasteiger partial charge in [-0.05, 0) is 34.6 Å². The lowest BCUT2D eigenvalue weighted by atomic mass is 10.2. The number of nitrogens with zero attached hydrogens (tertiary/aromatic N) is 2. The molecule has 0 atom stereocenters. The molecule has 0 aliphatic carbocycles. The van der Waals surface area contributed by atoms with Crippen molar-refractivity contribution in [1.29, 1.82) is 0 Å². The lowest BCUT2D eigenvalue weighted by molar-refractivity contribution is 0.121. The molecule has 0 fully saturated rings. The quantitative estimate of drug-likeness (QED) is 0.836. The molecule has 6 heteroatoms. The predicted molar refractivity (Wildman–Crippen MR) is 80.2 cm³/mol. The van der Waals surface area contributed by atoms with Crippen molar-refractivity contribution in [2.24, 2.45) is 0 Å². The molecule has 1 rings (SSSR count). The lowest BCUT2D eigenvalue weighted by Crippen LogP contribution is -2.43. The Bertz CT molecular complexity index is 493. The minimum Gasteiger partial charge on any atom is -0.489 e. The average molecular weight is 296 g/mol. The highest BCUT2D eigenvalue weighted by atomic mass is 16.6. The Kier molecular flexibility index (Phi) is 5.81. The van der Waals surface area contributed by atoms with E-state index in [4.69, 9.17) is 14.2 Å². The molecule has 0 spiro atoms. The van der Waals surface area contributed by atoms with Gasteiger partial charge in [0.05, 0.1) is 14.2 Å². The summed E-state index contributed by atoms with van der Waals surface area (Å²) in [6.45, 7) is 9.56. The van der Waals surface area contributed by atoms with Crippen LogP contribution in [-0.2, 0) is 0 Å². The Hall–Kier alpha value is -1.98. The van der Waals surface area contributed by atoms with Crippen LogP contribution in [0.4, 0.5) is 4.79 Å². The van der Waals surface area contributed by atoms with Crippen molar-refractivity contribution < 1.29 is 19.0 Å². The number of pyridine rings is 1. The molecular formula is C15H24N2O4. The first kappa shape index (κ1) is 17.1. The summed E-state index contributed by atoms with van der Waals surface area (Å²) < 4.78 is 15.9. The summed E-state index contributed by atoms with van der Waals surface area (Å²) in [5.41, 5.74) is 0.677. The Morgan fingerprint density at radius 1 is 1.14 bits per heavy atom. The van der Waals surface area contributed by atoms with Crippen molar-refractivity contribution in [2.45, 2.75) is 46.7 Å². The zero-order chi connectivity index (χ0) is 16.2. The molecular weight excluding hydrogens is 272 g/mol. The van der Waals surface area contributed by atoms with E-state index in [2.05, 4.69) is 4.98 Å². The van der Waals surface area contributed by atoms with E-state index in [0.717, 1.165) is 0 Å². The van der Waals surface area contributed by atoms with Crippen LogP contribution in [-0.4, -0.2) is 42.3 Å². The summed E-state index contributed by atoms with van der Waals surface area (Å²) in [6.07, 6.45) is -0.425. The number of methoxy groups -OCH3 is 2. The maximum atomic E-state index is 12.4. The summed E-state index contributed by atoms with van der Waals surface area (Å²) >= 11 is 0. The van der Waals surface area contributed by atoms with Gasteiger partial charge in [0, 0.05) is 23.8 Å². The van der Waals surface area contributed by atoms with E-state index in [1.54, 1.807) is 17.9 Å². The van der Waals surface area contributed by atoms with Crippen molar-refractivity contribution in [3.63, 3.8) is 0 Å². The summed E-state index contributed by atoms with van der Waals surface area (Å²) in [7, 11) is 2.97. The van der Waals surface area contributed by atoms with E-state index >= 15 is 0 Å². The minimum atomic E-state index is -0.425. The van der Waals surface area contributed by atoms with E-state index in [1.807, 2.05) is 27.7 Å². The van der Waals surface area contributed by atoms with Crippen LogP contribution in [0.1, 0.15) is 33.4 Å². The highest BCUT2D eigenvalue weighted by molar-refractivity contribution is 5.72. The van der Waals surface area contributed by atoms with Crippen LogP contribution < -0.4 is 14.2 Å². The molecule has 6 nitrogen and oxygen atoms in total. The van der Waals surface area contributed by atoms with Gasteiger partial charge < -0.3 is 19.1 Å². The SMILES string of the molecule is COc1nc(C)cc(OC(=O)N(C(C)C)C(C)C)c1OC. The van der Waals surface area contributed by atoms with Gasteiger partial charge in [0.15, 0.2) is 5.75 Å². The van der Waals surface area contributed by atoms with Crippen LogP contribution in [0.3, 0.4) is 0 Å². The maximum absolute atomic E-state index is 12.4. The molecule has 0 saturated heterocycles. The van der Waals surface area contributed by atoms with Crippen LogP contribution in [0.5, 0.6) is 17.4 Å². The summed E-state index contributed by atoms with van der Waals surface area (Å²) in [5, 5.41) is 0. The van der Waals surface area contributed by atoms with E-state index in [1.165, 1.54) is 14.2 Å². The number of hydrogen-bond acceptors (Lipinski definition) is 5. The first-order valence-corrected chi connectivity index (χ1v) is 6.91. The molecule has 1 aromatic rings. The van der Waals surface area contributed by atoms with Crippen LogP contribution in [0, 0.1) is 6.92 Å². The van der Waals surface area contributed by atoms with Gasteiger partial charge >= 0.3 is 6.09 Å². The zero-order valence-corrected chi connectivity index (χ0v) is 13.8. The number of carbonyl (C=O) groups excluding carboxylic acids is 1. The largest absolute Gasteiger partial charge is 0.489 e. The van der Waals surface area contributed by atoms with Crippen molar-refractivity contribution in [1.82, 2.24) is 9.88 Å². The van der Waals surface area contributed by atoms with Gasteiger partial charge in [0.25, 0.3) is 5.88 Å². The number of hydrogen-bond donors (Lipinski definition) is 0. The zero-order valence-electron chi connectivity index (χ0n) is 13.8. The van der Waals surface area contributed by atoms with E-state index in [9.17, 15) is 4.79 Å². The van der Waals surface area contributed by atoms with Crippen LogP contribution in [0.2, 0.25) is 0 Å². The van der Waals surface area contributed by atoms with Gasteiger partial charge in [0.2, 0.25) is 5.75 Å². The second kappa shape index (κ2) is 7.15. The maximum Gasteiger partial charge on any atom is 0.415 e. The summed E-state index contributed by atoms with van der Waals surface area (Å²) in [4.78, 5) is 18.2. The smallest absolute Gasteiger partial charge is 0.415 e. The highest BCUT2D eigenvalue weighted by Crippen LogP contribution is 2.36. The number of carbonyl (C=O) groups is 1. The molecule has 0 N–H and O–H groups in total. The Balaban J connectivity index is 3.12. The molecule has 0 bridgehead atoms. The van der Waals surface area contributed by atoms with Gasteiger partial charge in [-0.3, -0.25) is 0 Å². The minimum absolute atomic E-state index is 0.0355. The molecule has 1 heterocycles. The third-order valence-corrected chi connectivity index (χ3v) is 2.95. The van der Waals surface area contributed by atoms with Gasteiger partial charge in [-0.25, -0.2) is 9.78 Å². The average Bonchev–Trinajstić information content (AvgIpc) is 2.36. The molecule has 0 saturated carbocycles. The molecule has 0 aliphatic rings. The first-order valence-electron chi connectivity index (χ1n) is 6.91. The number of aryl methyl sites for hydroxylation is 1. The fourth-order valence-electron chi connectivity index (χ4n) is 2.17. The van der Waals surface area contributed by atoms with E-state index in [-0.39, 0.29) is 12.1 Å². The number of amides is 1. The second-order valence-corrected chi connectivity index (χ2v) is 5.27. The van der Waals surface area contributed by atoms with Gasteiger partial charge in [-0.1, -0.05) is 0 Å². The summed E-state index contributed by atoms with van der Waals surface area (Å²) in [5.74, 6) is 0.906. The molecule has 1 aromatic heterocycles. The van der Waals surface area contributed by atoms with Crippen molar-refractivity contribution in [2.75, 3.05) is 14.2 Å². The van der Waals surface area contributed by atoms with Gasteiger partial charge in [0.1, 0.15) is 0 Å². The first-order chi connectivity index (χ1) is 9.81. The van der Waals surface area contributed by atoms with Gasteiger partial charge in [-0.15, -0.1) is 0 Å². The van der Waals surface area contributed by atoms with Crippen molar-refractivity contribution in [3.8, 4) is 17.4 Å². The van der Waals surface area contributed by atoms with Gasteiger partial charge in [-0.2, -0.15) is 0 Å². The fraction of sp³-hybridized carbons (Fsp3) is 0.600. The normalized spacial score (nSPS) is 10.7. The molecule has 21 heavy (non-hydrogen) atoms. The third-order valence-electron chi connectivity index (χ3n) is 2.95. The predicted octanol–water partition coefficient (Wildman–Crippen LogP) is 3.02. The van der Waals surface area contributed by atoms with E-state index < -0.39 is 6.09 Å². The molecule has 0 radical (unpaired) electrons. The highest BCUT2D eigenvalue weighted by Gasteiger charge is 2.25. The molecule has 118 valence electrons. The van der Waals surface area contributed by atoms with Crippen LogP contribution in [0.25, 0.3) is 0 Å². The van der Waals surface area contributed by atoms with Crippen LogP contribution >= 0.6 is 0 Å². The van der Waals surface area contributed by atoms with Crippen LogP contribution in [0.15, 0.2) is 6.07 Å². The Morgan fingerprint density at radius 3 is 2.14 bits per heavy atom. The molecule has 0 aliphatic heterocycles. The topological polar surface area (TPSA) is 60.9 Å². The molecule has 0 aromatic carbocycles. The van der Waals surface area contributed by atoms with Crippen molar-refractivity contribution in [3.05, 3.63) is 11.8 Å². The fourth-order valence-corrected chi connectivity index (χ4v) is 2.17. The Morgan fingerprint density at radius 2 is 1.71 bits per heavy atom. The lowest BCUT2D eigenvalue weighted by Gasteiger charge is -2.29. The third kappa shape index (κ3) is 4.00. The number of aromatic nitrogens is 1. The molecule has 1 amide bonds. The molecule has 0 unspecified atom stereocenters. The Labute approximate surface area is 126 Å². The van der Waals surface area contributed by atoms with E-state index in [0.29, 0.717) is 23.1 Å².